The van der Waals surface area contributed by atoms with Crippen LogP contribution in [0.2, 0.25) is 0 Å². The van der Waals surface area contributed by atoms with Gasteiger partial charge < -0.3 is 15.0 Å². The molecule has 0 heterocycles. The largest absolute Gasteiger partial charge is 0.549 e. The average Bonchev–Trinajstić information content (AvgIpc) is 2.77. The lowest BCUT2D eigenvalue weighted by Crippen LogP contribution is -2.47. The van der Waals surface area contributed by atoms with Crippen molar-refractivity contribution in [2.75, 3.05) is 0 Å². The van der Waals surface area contributed by atoms with Crippen molar-refractivity contribution < 1.29 is 19.8 Å². The Balaban J connectivity index is 0.000000252. The molecule has 4 nitrogen and oxygen atoms in total. The van der Waals surface area contributed by atoms with E-state index in [0.717, 1.165) is 0 Å². The molecule has 0 fully saturated rings. The standard InChI is InChI=1S/C18H15S.C7H12O4/c1-4-10-16(11-5-1)19(17-12-6-2-7-13-17)18-14-8-3-9-15-18;1-3-7(4-2,5(8)9)6(10)11/h1-15H;3-4H2,1-2H3,(H,8,9)(H,10,11)/q+1;/p-1. The van der Waals surface area contributed by atoms with E-state index in [1.54, 1.807) is 0 Å². The minimum Gasteiger partial charge on any atom is -0.549 e. The summed E-state index contributed by atoms with van der Waals surface area (Å²) in [4.78, 5) is 25.0. The molecule has 0 saturated carbocycles. The predicted octanol–water partition coefficient (Wildman–Crippen LogP) is 4.41. The minimum absolute atomic E-state index is 0.0146. The summed E-state index contributed by atoms with van der Waals surface area (Å²) in [7, 11) is -0.0146. The Labute approximate surface area is 180 Å². The van der Waals surface area contributed by atoms with Crippen molar-refractivity contribution in [1.82, 2.24) is 0 Å². The van der Waals surface area contributed by atoms with Gasteiger partial charge in [-0.1, -0.05) is 68.4 Å². The van der Waals surface area contributed by atoms with Crippen LogP contribution in [0.25, 0.3) is 0 Å². The number of hydrogen-bond donors (Lipinski definition) is 1. The maximum atomic E-state index is 10.5. The maximum Gasteiger partial charge on any atom is 0.315 e. The fourth-order valence-electron chi connectivity index (χ4n) is 3.01. The van der Waals surface area contributed by atoms with Gasteiger partial charge in [0.2, 0.25) is 0 Å². The lowest BCUT2D eigenvalue weighted by atomic mass is 9.83. The Morgan fingerprint density at radius 3 is 1.20 bits per heavy atom. The highest BCUT2D eigenvalue weighted by Crippen LogP contribution is 2.30. The molecule has 0 aliphatic rings. The van der Waals surface area contributed by atoms with Gasteiger partial charge in [-0.05, 0) is 49.2 Å². The van der Waals surface area contributed by atoms with Gasteiger partial charge in [-0.2, -0.15) is 0 Å². The quantitative estimate of drug-likeness (QED) is 0.452. The summed E-state index contributed by atoms with van der Waals surface area (Å²) < 4.78 is 0. The molecule has 156 valence electrons. The van der Waals surface area contributed by atoms with E-state index < -0.39 is 17.4 Å². The van der Waals surface area contributed by atoms with E-state index in [4.69, 9.17) is 5.11 Å². The van der Waals surface area contributed by atoms with Crippen LogP contribution in [0.5, 0.6) is 0 Å². The predicted molar refractivity (Wildman–Crippen MR) is 117 cm³/mol. The van der Waals surface area contributed by atoms with Crippen molar-refractivity contribution in [2.24, 2.45) is 5.41 Å². The zero-order valence-corrected chi connectivity index (χ0v) is 18.0. The third kappa shape index (κ3) is 5.51. The van der Waals surface area contributed by atoms with E-state index in [1.807, 2.05) is 0 Å². The molecule has 0 amide bonds. The zero-order valence-electron chi connectivity index (χ0n) is 17.2. The van der Waals surface area contributed by atoms with Crippen LogP contribution in [0.15, 0.2) is 106 Å². The molecule has 3 rings (SSSR count). The molecular formula is C25H26O4S. The van der Waals surface area contributed by atoms with Crippen LogP contribution in [0, 0.1) is 5.41 Å². The number of carbonyl (C=O) groups excluding carboxylic acids is 1. The normalized spacial score (nSPS) is 10.8. The first-order chi connectivity index (χ1) is 14.5. The molecular weight excluding hydrogens is 396 g/mol. The van der Waals surface area contributed by atoms with Crippen molar-refractivity contribution in [1.29, 1.82) is 0 Å². The molecule has 0 bridgehead atoms. The third-order valence-corrected chi connectivity index (χ3v) is 7.17. The molecule has 0 saturated heterocycles. The van der Waals surface area contributed by atoms with Crippen LogP contribution in [0.4, 0.5) is 0 Å². The lowest BCUT2D eigenvalue weighted by molar-refractivity contribution is -0.318. The lowest BCUT2D eigenvalue weighted by Gasteiger charge is -2.27. The first kappa shape index (κ1) is 23.2. The summed E-state index contributed by atoms with van der Waals surface area (Å²) in [6.45, 7) is 3.04. The smallest absolute Gasteiger partial charge is 0.315 e. The second kappa shape index (κ2) is 11.2. The first-order valence-corrected chi connectivity index (χ1v) is 11.0. The van der Waals surface area contributed by atoms with E-state index in [2.05, 4.69) is 91.0 Å². The molecule has 0 aliphatic heterocycles. The van der Waals surface area contributed by atoms with Gasteiger partial charge >= 0.3 is 5.97 Å². The number of carboxylic acids is 2. The molecule has 0 spiro atoms. The summed E-state index contributed by atoms with van der Waals surface area (Å²) in [5.41, 5.74) is -1.69. The SMILES string of the molecule is CCC(CC)(C(=O)[O-])C(=O)O.c1ccc([S+](c2ccccc2)c2ccccc2)cc1. The summed E-state index contributed by atoms with van der Waals surface area (Å²) in [6.07, 6.45) is 0.113. The fourth-order valence-corrected chi connectivity index (χ4v) is 5.11. The van der Waals surface area contributed by atoms with Crippen molar-refractivity contribution in [3.63, 3.8) is 0 Å². The molecule has 3 aromatic carbocycles. The third-order valence-electron chi connectivity index (χ3n) is 4.94. The number of rotatable bonds is 7. The van der Waals surface area contributed by atoms with E-state index in [-0.39, 0.29) is 23.7 Å². The van der Waals surface area contributed by atoms with Gasteiger partial charge in [0.05, 0.1) is 16.9 Å². The average molecular weight is 423 g/mol. The highest BCUT2D eigenvalue weighted by atomic mass is 32.2. The number of carbonyl (C=O) groups is 2. The van der Waals surface area contributed by atoms with Crippen LogP contribution in [-0.2, 0) is 20.5 Å². The van der Waals surface area contributed by atoms with Crippen LogP contribution >= 0.6 is 0 Å². The minimum atomic E-state index is -1.69. The van der Waals surface area contributed by atoms with E-state index in [1.165, 1.54) is 28.5 Å². The molecule has 5 heteroatoms. The Kier molecular flexibility index (Phi) is 8.69. The number of carboxylic acid groups (broad SMARTS) is 2. The molecule has 0 radical (unpaired) electrons. The van der Waals surface area contributed by atoms with Gasteiger partial charge in [0, 0.05) is 0 Å². The van der Waals surface area contributed by atoms with Crippen LogP contribution in [0.3, 0.4) is 0 Å². The summed E-state index contributed by atoms with van der Waals surface area (Å²) in [5.74, 6) is -2.82. The van der Waals surface area contributed by atoms with Crippen LogP contribution in [0.1, 0.15) is 26.7 Å². The van der Waals surface area contributed by atoms with Crippen LogP contribution in [-0.4, -0.2) is 17.0 Å². The number of hydrogen-bond acceptors (Lipinski definition) is 3. The van der Waals surface area contributed by atoms with E-state index >= 15 is 0 Å². The van der Waals surface area contributed by atoms with Crippen LogP contribution < -0.4 is 5.11 Å². The van der Waals surface area contributed by atoms with Gasteiger partial charge in [-0.15, -0.1) is 0 Å². The van der Waals surface area contributed by atoms with E-state index in [9.17, 15) is 14.7 Å². The first-order valence-electron chi connectivity index (χ1n) is 9.80. The second-order valence-corrected chi connectivity index (χ2v) is 8.65. The molecule has 0 atom stereocenters. The Morgan fingerprint density at radius 1 is 0.733 bits per heavy atom. The van der Waals surface area contributed by atoms with Gasteiger partial charge in [0.1, 0.15) is 5.41 Å². The summed E-state index contributed by atoms with van der Waals surface area (Å²) in [5, 5.41) is 19.0. The monoisotopic (exact) mass is 422 g/mol. The summed E-state index contributed by atoms with van der Waals surface area (Å²) >= 11 is 0. The topological polar surface area (TPSA) is 77.4 Å². The Hall–Kier alpha value is -3.05. The summed E-state index contributed by atoms with van der Waals surface area (Å²) in [6, 6.07) is 32.2. The molecule has 0 unspecified atom stereocenters. The van der Waals surface area contributed by atoms with Crippen molar-refractivity contribution in [3.8, 4) is 0 Å². The van der Waals surface area contributed by atoms with E-state index in [0.29, 0.717) is 0 Å². The fraction of sp³-hybridized carbons (Fsp3) is 0.200. The molecule has 1 N–H and O–H groups in total. The zero-order chi connectivity index (χ0) is 22.0. The maximum absolute atomic E-state index is 10.5. The molecule has 30 heavy (non-hydrogen) atoms. The Bertz CT molecular complexity index is 813. The van der Waals surface area contributed by atoms with Crippen molar-refractivity contribution >= 4 is 22.8 Å². The molecule has 3 aromatic rings. The second-order valence-electron chi connectivity index (χ2n) is 6.63. The Morgan fingerprint density at radius 2 is 1.03 bits per heavy atom. The van der Waals surface area contributed by atoms with Gasteiger partial charge in [0.15, 0.2) is 14.7 Å². The highest BCUT2D eigenvalue weighted by Gasteiger charge is 2.36. The number of aliphatic carboxylic acids is 2. The van der Waals surface area contributed by atoms with Gasteiger partial charge in [-0.25, -0.2) is 0 Å². The molecule has 0 aromatic heterocycles. The van der Waals surface area contributed by atoms with Gasteiger partial charge in [-0.3, -0.25) is 4.79 Å². The molecule has 0 aliphatic carbocycles. The van der Waals surface area contributed by atoms with Crippen molar-refractivity contribution in [3.05, 3.63) is 91.0 Å². The number of benzene rings is 3. The van der Waals surface area contributed by atoms with Gasteiger partial charge in [0.25, 0.3) is 0 Å². The highest BCUT2D eigenvalue weighted by molar-refractivity contribution is 7.97. The van der Waals surface area contributed by atoms with Crippen molar-refractivity contribution in [2.45, 2.75) is 41.4 Å².